The van der Waals surface area contributed by atoms with Crippen molar-refractivity contribution in [1.29, 1.82) is 0 Å². The van der Waals surface area contributed by atoms with Crippen LogP contribution in [0.15, 0.2) is 30.3 Å². The Morgan fingerprint density at radius 3 is 2.48 bits per heavy atom. The van der Waals surface area contributed by atoms with Crippen LogP contribution in [0.1, 0.15) is 57.6 Å². The predicted octanol–water partition coefficient (Wildman–Crippen LogP) is 3.42. The molecule has 116 valence electrons. The summed E-state index contributed by atoms with van der Waals surface area (Å²) in [4.78, 5) is 11.1. The molecule has 2 N–H and O–H groups in total. The third-order valence-electron chi connectivity index (χ3n) is 4.56. The van der Waals surface area contributed by atoms with Crippen molar-refractivity contribution in [3.05, 3.63) is 35.9 Å². The van der Waals surface area contributed by atoms with Gasteiger partial charge in [0.25, 0.3) is 0 Å². The monoisotopic (exact) mass is 288 g/mol. The number of carbonyl (C=O) groups excluding carboxylic acids is 1. The van der Waals surface area contributed by atoms with E-state index in [0.717, 1.165) is 25.3 Å². The SMILES string of the molecule is CC(=O)NC1CCC(CCN[C@H](C)c2ccccc2)CC1. The van der Waals surface area contributed by atoms with Crippen LogP contribution < -0.4 is 10.6 Å². The molecule has 1 aliphatic rings. The van der Waals surface area contributed by atoms with Crippen LogP contribution in [0.4, 0.5) is 0 Å². The van der Waals surface area contributed by atoms with E-state index in [4.69, 9.17) is 0 Å². The van der Waals surface area contributed by atoms with Gasteiger partial charge in [0.1, 0.15) is 0 Å². The summed E-state index contributed by atoms with van der Waals surface area (Å²) in [5.41, 5.74) is 1.35. The lowest BCUT2D eigenvalue weighted by Gasteiger charge is -2.29. The van der Waals surface area contributed by atoms with E-state index in [-0.39, 0.29) is 5.91 Å². The quantitative estimate of drug-likeness (QED) is 0.842. The molecule has 0 spiro atoms. The zero-order valence-corrected chi connectivity index (χ0v) is 13.3. The van der Waals surface area contributed by atoms with Crippen molar-refractivity contribution in [1.82, 2.24) is 10.6 Å². The Labute approximate surface area is 128 Å². The van der Waals surface area contributed by atoms with Crippen molar-refractivity contribution in [2.75, 3.05) is 6.54 Å². The maximum atomic E-state index is 11.1. The molecular weight excluding hydrogens is 260 g/mol. The van der Waals surface area contributed by atoms with Crippen LogP contribution in [0, 0.1) is 5.92 Å². The number of benzene rings is 1. The molecule has 1 aromatic rings. The fraction of sp³-hybridized carbons (Fsp3) is 0.611. The molecule has 21 heavy (non-hydrogen) atoms. The Balaban J connectivity index is 1.63. The summed E-state index contributed by atoms with van der Waals surface area (Å²) in [7, 11) is 0. The van der Waals surface area contributed by atoms with Crippen molar-refractivity contribution in [2.24, 2.45) is 5.92 Å². The van der Waals surface area contributed by atoms with Crippen molar-refractivity contribution < 1.29 is 4.79 Å². The number of rotatable bonds is 6. The predicted molar refractivity (Wildman–Crippen MR) is 87.0 cm³/mol. The van der Waals surface area contributed by atoms with Gasteiger partial charge in [-0.3, -0.25) is 4.79 Å². The van der Waals surface area contributed by atoms with Crippen LogP contribution in [0.3, 0.4) is 0 Å². The molecule has 1 aromatic carbocycles. The number of carbonyl (C=O) groups is 1. The van der Waals surface area contributed by atoms with Gasteiger partial charge in [-0.25, -0.2) is 0 Å². The molecule has 1 amide bonds. The van der Waals surface area contributed by atoms with E-state index in [1.54, 1.807) is 6.92 Å². The molecular formula is C18H28N2O. The minimum absolute atomic E-state index is 0.108. The molecule has 1 fully saturated rings. The maximum absolute atomic E-state index is 11.1. The van der Waals surface area contributed by atoms with Crippen LogP contribution in [-0.2, 0) is 4.79 Å². The average molecular weight is 288 g/mol. The maximum Gasteiger partial charge on any atom is 0.217 e. The van der Waals surface area contributed by atoms with Gasteiger partial charge in [0.2, 0.25) is 5.91 Å². The van der Waals surface area contributed by atoms with Gasteiger partial charge in [0, 0.05) is 19.0 Å². The number of amides is 1. The average Bonchev–Trinajstić information content (AvgIpc) is 2.49. The number of nitrogens with one attached hydrogen (secondary N) is 2. The first kappa shape index (κ1) is 16.0. The van der Waals surface area contributed by atoms with Crippen LogP contribution >= 0.6 is 0 Å². The molecule has 0 unspecified atom stereocenters. The molecule has 3 nitrogen and oxygen atoms in total. The molecule has 3 heteroatoms. The lowest BCUT2D eigenvalue weighted by molar-refractivity contribution is -0.119. The van der Waals surface area contributed by atoms with E-state index in [1.165, 1.54) is 24.8 Å². The van der Waals surface area contributed by atoms with Crippen LogP contribution in [0.2, 0.25) is 0 Å². The molecule has 0 bridgehead atoms. The molecule has 0 heterocycles. The lowest BCUT2D eigenvalue weighted by Crippen LogP contribution is -2.36. The third-order valence-corrected chi connectivity index (χ3v) is 4.56. The summed E-state index contributed by atoms with van der Waals surface area (Å²) in [5, 5.41) is 6.66. The van der Waals surface area contributed by atoms with E-state index in [2.05, 4.69) is 47.9 Å². The fourth-order valence-corrected chi connectivity index (χ4v) is 3.25. The van der Waals surface area contributed by atoms with Crippen LogP contribution in [0.25, 0.3) is 0 Å². The number of hydrogen-bond acceptors (Lipinski definition) is 2. The highest BCUT2D eigenvalue weighted by molar-refractivity contribution is 5.73. The molecule has 0 radical (unpaired) electrons. The first-order chi connectivity index (χ1) is 10.1. The van der Waals surface area contributed by atoms with Crippen LogP contribution in [-0.4, -0.2) is 18.5 Å². The Kier molecular flexibility index (Phi) is 6.24. The Hall–Kier alpha value is -1.35. The van der Waals surface area contributed by atoms with E-state index >= 15 is 0 Å². The fourth-order valence-electron chi connectivity index (χ4n) is 3.25. The van der Waals surface area contributed by atoms with Gasteiger partial charge in [-0.2, -0.15) is 0 Å². The zero-order chi connectivity index (χ0) is 15.1. The molecule has 2 rings (SSSR count). The van der Waals surface area contributed by atoms with E-state index < -0.39 is 0 Å². The Bertz CT molecular complexity index is 424. The Morgan fingerprint density at radius 2 is 1.86 bits per heavy atom. The van der Waals surface area contributed by atoms with E-state index in [0.29, 0.717) is 12.1 Å². The minimum Gasteiger partial charge on any atom is -0.354 e. The third kappa shape index (κ3) is 5.50. The Morgan fingerprint density at radius 1 is 1.19 bits per heavy atom. The first-order valence-corrected chi connectivity index (χ1v) is 8.20. The summed E-state index contributed by atoms with van der Waals surface area (Å²) >= 11 is 0. The molecule has 1 aliphatic carbocycles. The van der Waals surface area contributed by atoms with Gasteiger partial charge in [0.15, 0.2) is 0 Å². The van der Waals surface area contributed by atoms with Crippen LogP contribution in [0.5, 0.6) is 0 Å². The minimum atomic E-state index is 0.108. The van der Waals surface area contributed by atoms with Crippen molar-refractivity contribution >= 4 is 5.91 Å². The van der Waals surface area contributed by atoms with Crippen molar-refractivity contribution in [2.45, 2.75) is 58.0 Å². The second-order valence-electron chi connectivity index (χ2n) is 6.29. The van der Waals surface area contributed by atoms with Gasteiger partial charge < -0.3 is 10.6 Å². The topological polar surface area (TPSA) is 41.1 Å². The number of hydrogen-bond donors (Lipinski definition) is 2. The lowest BCUT2D eigenvalue weighted by atomic mass is 9.84. The van der Waals surface area contributed by atoms with E-state index in [9.17, 15) is 4.79 Å². The second kappa shape index (κ2) is 8.18. The summed E-state index contributed by atoms with van der Waals surface area (Å²) in [5.74, 6) is 0.919. The summed E-state index contributed by atoms with van der Waals surface area (Å²) < 4.78 is 0. The summed E-state index contributed by atoms with van der Waals surface area (Å²) in [6.07, 6.45) is 6.00. The standard InChI is InChI=1S/C18H28N2O/c1-14(17-6-4-3-5-7-17)19-13-12-16-8-10-18(11-9-16)20-15(2)21/h3-7,14,16,18-19H,8-13H2,1-2H3,(H,20,21)/t14-,16?,18?/m1/s1. The second-order valence-corrected chi connectivity index (χ2v) is 6.29. The zero-order valence-electron chi connectivity index (χ0n) is 13.3. The molecule has 1 atom stereocenters. The highest BCUT2D eigenvalue weighted by atomic mass is 16.1. The van der Waals surface area contributed by atoms with E-state index in [1.807, 2.05) is 0 Å². The van der Waals surface area contributed by atoms with Gasteiger partial charge in [-0.1, -0.05) is 30.3 Å². The van der Waals surface area contributed by atoms with Crippen molar-refractivity contribution in [3.63, 3.8) is 0 Å². The first-order valence-electron chi connectivity index (χ1n) is 8.20. The molecule has 0 saturated heterocycles. The summed E-state index contributed by atoms with van der Waals surface area (Å²) in [6.45, 7) is 4.91. The van der Waals surface area contributed by atoms with Gasteiger partial charge in [0.05, 0.1) is 0 Å². The van der Waals surface area contributed by atoms with Gasteiger partial charge in [-0.15, -0.1) is 0 Å². The normalized spacial score (nSPS) is 23.5. The van der Waals surface area contributed by atoms with Crippen molar-refractivity contribution in [3.8, 4) is 0 Å². The molecule has 0 aromatic heterocycles. The highest BCUT2D eigenvalue weighted by Gasteiger charge is 2.21. The smallest absolute Gasteiger partial charge is 0.217 e. The highest BCUT2D eigenvalue weighted by Crippen LogP contribution is 2.26. The van der Waals surface area contributed by atoms with Gasteiger partial charge >= 0.3 is 0 Å². The molecule has 1 saturated carbocycles. The van der Waals surface area contributed by atoms with Gasteiger partial charge in [-0.05, 0) is 57.1 Å². The summed E-state index contributed by atoms with van der Waals surface area (Å²) in [6, 6.07) is 11.4. The molecule has 0 aliphatic heterocycles. The largest absolute Gasteiger partial charge is 0.354 e.